The molecule has 0 saturated heterocycles. The van der Waals surface area contributed by atoms with Crippen molar-refractivity contribution in [3.05, 3.63) is 70.7 Å². The van der Waals surface area contributed by atoms with Crippen molar-refractivity contribution in [2.45, 2.75) is 39.0 Å². The summed E-state index contributed by atoms with van der Waals surface area (Å²) in [6.45, 7) is 2.06. The first-order valence-corrected chi connectivity index (χ1v) is 8.87. The molecule has 24 heavy (non-hydrogen) atoms. The highest BCUT2D eigenvalue weighted by Gasteiger charge is 2.23. The molecular formula is C22H20N2. The number of hydrogen-bond donors (Lipinski definition) is 0. The zero-order valence-corrected chi connectivity index (χ0v) is 14.0. The number of aryl methyl sites for hydroxylation is 3. The number of hydrogen-bond acceptors (Lipinski definition) is 2. The monoisotopic (exact) mass is 312 g/mol. The van der Waals surface area contributed by atoms with E-state index in [1.54, 1.807) is 0 Å². The minimum Gasteiger partial charge on any atom is -0.257 e. The molecule has 2 aliphatic rings. The van der Waals surface area contributed by atoms with Gasteiger partial charge in [0.1, 0.15) is 0 Å². The van der Waals surface area contributed by atoms with E-state index in [0.717, 1.165) is 24.2 Å². The Bertz CT molecular complexity index is 956. The summed E-state index contributed by atoms with van der Waals surface area (Å²) in [7, 11) is 0. The van der Waals surface area contributed by atoms with E-state index in [-0.39, 0.29) is 0 Å². The molecule has 0 unspecified atom stereocenters. The normalized spacial score (nSPS) is 14.9. The summed E-state index contributed by atoms with van der Waals surface area (Å²) in [5, 5.41) is 0. The Labute approximate surface area is 142 Å². The van der Waals surface area contributed by atoms with E-state index >= 15 is 0 Å². The van der Waals surface area contributed by atoms with Gasteiger partial charge in [0.05, 0.1) is 11.4 Å². The minimum absolute atomic E-state index is 0.918. The van der Waals surface area contributed by atoms with Crippen molar-refractivity contribution in [1.82, 2.24) is 9.97 Å². The molecule has 118 valence electrons. The molecule has 1 aromatic carbocycles. The Balaban J connectivity index is 1.65. The maximum Gasteiger partial charge on any atom is 0.0708 e. The fourth-order valence-corrected chi connectivity index (χ4v) is 4.16. The predicted octanol–water partition coefficient (Wildman–Crippen LogP) is 4.90. The zero-order valence-electron chi connectivity index (χ0n) is 14.0. The molecule has 0 amide bonds. The van der Waals surface area contributed by atoms with Crippen molar-refractivity contribution in [3.63, 3.8) is 0 Å². The summed E-state index contributed by atoms with van der Waals surface area (Å²) in [4.78, 5) is 9.77. The van der Waals surface area contributed by atoms with Crippen LogP contribution in [0.5, 0.6) is 0 Å². The number of pyridine rings is 2. The molecule has 0 saturated carbocycles. The van der Waals surface area contributed by atoms with Gasteiger partial charge in [-0.3, -0.25) is 9.97 Å². The second-order valence-electron chi connectivity index (χ2n) is 6.96. The molecule has 0 fully saturated rings. The van der Waals surface area contributed by atoms with Gasteiger partial charge in [-0.25, -0.2) is 0 Å². The van der Waals surface area contributed by atoms with Crippen LogP contribution >= 0.6 is 0 Å². The van der Waals surface area contributed by atoms with E-state index in [0.29, 0.717) is 0 Å². The molecule has 0 spiro atoms. The van der Waals surface area contributed by atoms with Gasteiger partial charge in [-0.2, -0.15) is 0 Å². The van der Waals surface area contributed by atoms with Gasteiger partial charge in [-0.05, 0) is 61.4 Å². The van der Waals surface area contributed by atoms with Crippen molar-refractivity contribution in [2.75, 3.05) is 0 Å². The van der Waals surface area contributed by atoms with Gasteiger partial charge in [0, 0.05) is 28.9 Å². The molecule has 2 heterocycles. The van der Waals surface area contributed by atoms with Crippen LogP contribution < -0.4 is 0 Å². The smallest absolute Gasteiger partial charge is 0.0708 e. The largest absolute Gasteiger partial charge is 0.257 e. The van der Waals surface area contributed by atoms with Gasteiger partial charge in [0.25, 0.3) is 0 Å². The van der Waals surface area contributed by atoms with Gasteiger partial charge < -0.3 is 0 Å². The average molecular weight is 312 g/mol. The highest BCUT2D eigenvalue weighted by atomic mass is 14.7. The van der Waals surface area contributed by atoms with Crippen LogP contribution in [0.25, 0.3) is 22.4 Å². The highest BCUT2D eigenvalue weighted by Crippen LogP contribution is 2.40. The fraction of sp³-hybridized carbons (Fsp3) is 0.273. The zero-order chi connectivity index (χ0) is 16.1. The second kappa shape index (κ2) is 5.27. The topological polar surface area (TPSA) is 25.8 Å². The molecule has 2 aliphatic carbocycles. The summed E-state index contributed by atoms with van der Waals surface area (Å²) in [5.74, 6) is 0. The number of aromatic nitrogens is 2. The molecular weight excluding hydrogens is 292 g/mol. The van der Waals surface area contributed by atoms with Crippen LogP contribution in [0, 0.1) is 6.92 Å². The van der Waals surface area contributed by atoms with Crippen LogP contribution in [0.15, 0.2) is 42.5 Å². The van der Waals surface area contributed by atoms with Crippen LogP contribution in [0.1, 0.15) is 41.1 Å². The van der Waals surface area contributed by atoms with E-state index in [4.69, 9.17) is 9.97 Å². The molecule has 3 aromatic rings. The van der Waals surface area contributed by atoms with Crippen molar-refractivity contribution in [1.29, 1.82) is 0 Å². The standard InChI is InChI=1S/C22H20N2/c1-14-9-11-18-16-6-4-7-17(19(16)13-22(18)23-14)21-12-10-15-5-2-3-8-20(15)24-21/h4,6-7,9-12H,2-3,5,8,13H2,1H3. The lowest BCUT2D eigenvalue weighted by molar-refractivity contribution is 0.668. The summed E-state index contributed by atoms with van der Waals surface area (Å²) in [6, 6.07) is 15.4. The molecule has 0 aliphatic heterocycles. The molecule has 0 radical (unpaired) electrons. The second-order valence-corrected chi connectivity index (χ2v) is 6.96. The third kappa shape index (κ3) is 2.10. The van der Waals surface area contributed by atoms with Gasteiger partial charge in [0.2, 0.25) is 0 Å². The van der Waals surface area contributed by atoms with E-state index in [2.05, 4.69) is 49.4 Å². The summed E-state index contributed by atoms with van der Waals surface area (Å²) in [5.41, 5.74) is 11.4. The Morgan fingerprint density at radius 1 is 0.750 bits per heavy atom. The van der Waals surface area contributed by atoms with E-state index in [1.165, 1.54) is 58.5 Å². The van der Waals surface area contributed by atoms with Crippen LogP contribution in [0.4, 0.5) is 0 Å². The van der Waals surface area contributed by atoms with Crippen molar-refractivity contribution in [2.24, 2.45) is 0 Å². The molecule has 0 bridgehead atoms. The summed E-state index contributed by atoms with van der Waals surface area (Å²) in [6.07, 6.45) is 5.80. The van der Waals surface area contributed by atoms with Crippen molar-refractivity contribution >= 4 is 0 Å². The molecule has 5 rings (SSSR count). The number of nitrogens with zero attached hydrogens (tertiary/aromatic N) is 2. The number of fused-ring (bicyclic) bond motifs is 4. The Morgan fingerprint density at radius 3 is 2.58 bits per heavy atom. The lowest BCUT2D eigenvalue weighted by Gasteiger charge is -2.16. The van der Waals surface area contributed by atoms with Crippen molar-refractivity contribution in [3.8, 4) is 22.4 Å². The molecule has 2 nitrogen and oxygen atoms in total. The SMILES string of the molecule is Cc1ccc2c(n1)Cc1c(-c3ccc4c(n3)CCCC4)cccc1-2. The van der Waals surface area contributed by atoms with Gasteiger partial charge >= 0.3 is 0 Å². The maximum atomic E-state index is 5.02. The van der Waals surface area contributed by atoms with Crippen LogP contribution in [-0.4, -0.2) is 9.97 Å². The van der Waals surface area contributed by atoms with Gasteiger partial charge in [-0.1, -0.05) is 30.3 Å². The highest BCUT2D eigenvalue weighted by molar-refractivity contribution is 5.83. The van der Waals surface area contributed by atoms with E-state index in [1.807, 2.05) is 0 Å². The Kier molecular flexibility index (Phi) is 3.05. The Hall–Kier alpha value is -2.48. The lowest BCUT2D eigenvalue weighted by atomic mass is 9.93. The maximum absolute atomic E-state index is 5.02. The average Bonchev–Trinajstić information content (AvgIpc) is 2.98. The van der Waals surface area contributed by atoms with Gasteiger partial charge in [0.15, 0.2) is 0 Å². The third-order valence-electron chi connectivity index (χ3n) is 5.38. The number of rotatable bonds is 1. The molecule has 2 aromatic heterocycles. The van der Waals surface area contributed by atoms with E-state index < -0.39 is 0 Å². The molecule has 0 N–H and O–H groups in total. The molecule has 0 atom stereocenters. The van der Waals surface area contributed by atoms with Crippen molar-refractivity contribution < 1.29 is 0 Å². The van der Waals surface area contributed by atoms with Crippen LogP contribution in [0.3, 0.4) is 0 Å². The first-order chi connectivity index (χ1) is 11.8. The predicted molar refractivity (Wildman–Crippen MR) is 97.1 cm³/mol. The third-order valence-corrected chi connectivity index (χ3v) is 5.38. The van der Waals surface area contributed by atoms with Crippen LogP contribution in [-0.2, 0) is 19.3 Å². The van der Waals surface area contributed by atoms with E-state index in [9.17, 15) is 0 Å². The fourth-order valence-electron chi connectivity index (χ4n) is 4.16. The first-order valence-electron chi connectivity index (χ1n) is 8.87. The van der Waals surface area contributed by atoms with Crippen LogP contribution in [0.2, 0.25) is 0 Å². The van der Waals surface area contributed by atoms with Gasteiger partial charge in [-0.15, -0.1) is 0 Å². The quantitative estimate of drug-likeness (QED) is 0.499. The first kappa shape index (κ1) is 13.9. The number of benzene rings is 1. The minimum atomic E-state index is 0.918. The lowest BCUT2D eigenvalue weighted by Crippen LogP contribution is -2.06. The Morgan fingerprint density at radius 2 is 1.62 bits per heavy atom. The summed E-state index contributed by atoms with van der Waals surface area (Å²) >= 11 is 0. The molecule has 2 heteroatoms. The summed E-state index contributed by atoms with van der Waals surface area (Å²) < 4.78 is 0.